The van der Waals surface area contributed by atoms with E-state index in [2.05, 4.69) is 31.4 Å². The molecule has 0 spiro atoms. The Morgan fingerprint density at radius 1 is 1.00 bits per heavy atom. The molecule has 0 saturated heterocycles. The Morgan fingerprint density at radius 2 is 1.70 bits per heavy atom. The maximum Gasteiger partial charge on any atom is 0.308 e. The van der Waals surface area contributed by atoms with Crippen LogP contribution in [0, 0.1) is 0 Å². The molecule has 2 rings (SSSR count). The van der Waals surface area contributed by atoms with Crippen LogP contribution in [0.15, 0.2) is 48.5 Å². The fourth-order valence-corrected chi connectivity index (χ4v) is 2.62. The minimum atomic E-state index is -0.570. The summed E-state index contributed by atoms with van der Waals surface area (Å²) in [6, 6.07) is 14.2. The van der Waals surface area contributed by atoms with Gasteiger partial charge in [0.1, 0.15) is 5.75 Å². The average Bonchev–Trinajstić information content (AvgIpc) is 2.71. The third-order valence-corrected chi connectivity index (χ3v) is 4.35. The van der Waals surface area contributed by atoms with Gasteiger partial charge in [-0.25, -0.2) is 0 Å². The topological polar surface area (TPSA) is 93.7 Å². The Morgan fingerprint density at radius 3 is 2.33 bits per heavy atom. The smallest absolute Gasteiger partial charge is 0.308 e. The van der Waals surface area contributed by atoms with Crippen LogP contribution in [0.25, 0.3) is 0 Å². The van der Waals surface area contributed by atoms with Gasteiger partial charge in [-0.3, -0.25) is 14.4 Å². The summed E-state index contributed by atoms with van der Waals surface area (Å²) in [5.74, 6) is -0.689. The molecule has 0 aliphatic carbocycles. The number of carbonyl (C=O) groups is 3. The minimum absolute atomic E-state index is 0.0115. The van der Waals surface area contributed by atoms with Crippen LogP contribution in [0.4, 0.5) is 5.69 Å². The van der Waals surface area contributed by atoms with E-state index in [1.807, 2.05) is 12.1 Å². The van der Waals surface area contributed by atoms with Gasteiger partial charge in [0.25, 0.3) is 11.8 Å². The number of ether oxygens (including phenoxy) is 2. The first-order valence-electron chi connectivity index (χ1n) is 9.67. The monoisotopic (exact) mass is 412 g/mol. The van der Waals surface area contributed by atoms with Crippen LogP contribution in [-0.2, 0) is 19.7 Å². The van der Waals surface area contributed by atoms with Crippen LogP contribution in [0.1, 0.15) is 43.1 Å². The Labute approximate surface area is 176 Å². The fraction of sp³-hybridized carbons (Fsp3) is 0.348. The molecule has 2 aromatic carbocycles. The van der Waals surface area contributed by atoms with Crippen LogP contribution >= 0.6 is 0 Å². The van der Waals surface area contributed by atoms with E-state index in [0.29, 0.717) is 17.0 Å². The van der Waals surface area contributed by atoms with E-state index in [0.717, 1.165) is 5.56 Å². The molecule has 7 nitrogen and oxygen atoms in total. The summed E-state index contributed by atoms with van der Waals surface area (Å²) < 4.78 is 10.0. The van der Waals surface area contributed by atoms with Crippen molar-refractivity contribution in [2.75, 3.05) is 25.6 Å². The van der Waals surface area contributed by atoms with E-state index < -0.39 is 18.5 Å². The lowest BCUT2D eigenvalue weighted by Gasteiger charge is -2.19. The maximum absolute atomic E-state index is 12.2. The molecule has 7 heteroatoms. The molecule has 0 aromatic heterocycles. The van der Waals surface area contributed by atoms with Crippen LogP contribution in [0.2, 0.25) is 0 Å². The molecule has 0 fully saturated rings. The standard InChI is InChI=1S/C23H28N2O5/c1-23(2,3)17-10-8-16(9-11-17)22(28)24-13-12-21(27)30-15-20(26)25-18-6-5-7-19(14-18)29-4/h5-11,14H,12-13,15H2,1-4H3,(H,24,28)(H,25,26). The second-order valence-corrected chi connectivity index (χ2v) is 7.77. The largest absolute Gasteiger partial charge is 0.497 e. The fourth-order valence-electron chi connectivity index (χ4n) is 2.62. The Kier molecular flexibility index (Phi) is 7.98. The second kappa shape index (κ2) is 10.4. The van der Waals surface area contributed by atoms with Crippen LogP contribution < -0.4 is 15.4 Å². The van der Waals surface area contributed by atoms with Gasteiger partial charge in [-0.1, -0.05) is 39.0 Å². The maximum atomic E-state index is 12.2. The number of rotatable bonds is 8. The third kappa shape index (κ3) is 7.24. The van der Waals surface area contributed by atoms with Gasteiger partial charge >= 0.3 is 5.97 Å². The third-order valence-electron chi connectivity index (χ3n) is 4.35. The van der Waals surface area contributed by atoms with E-state index in [9.17, 15) is 14.4 Å². The summed E-state index contributed by atoms with van der Waals surface area (Å²) in [6.07, 6.45) is -0.0295. The van der Waals surface area contributed by atoms with Crippen molar-refractivity contribution >= 4 is 23.5 Å². The highest BCUT2D eigenvalue weighted by atomic mass is 16.5. The van der Waals surface area contributed by atoms with Crippen molar-refractivity contribution in [2.45, 2.75) is 32.6 Å². The van der Waals surface area contributed by atoms with Gasteiger partial charge in [-0.15, -0.1) is 0 Å². The Balaban J connectivity index is 1.70. The number of carbonyl (C=O) groups excluding carboxylic acids is 3. The number of benzene rings is 2. The van der Waals surface area contributed by atoms with Gasteiger partial charge in [0, 0.05) is 23.9 Å². The normalized spacial score (nSPS) is 10.8. The van der Waals surface area contributed by atoms with Crippen molar-refractivity contribution in [1.82, 2.24) is 5.32 Å². The van der Waals surface area contributed by atoms with Crippen LogP contribution in [0.3, 0.4) is 0 Å². The zero-order valence-electron chi connectivity index (χ0n) is 17.8. The molecule has 0 atom stereocenters. The molecular weight excluding hydrogens is 384 g/mol. The molecule has 2 amide bonds. The van der Waals surface area contributed by atoms with Crippen molar-refractivity contribution in [1.29, 1.82) is 0 Å². The summed E-state index contributed by atoms with van der Waals surface area (Å²) in [7, 11) is 1.53. The lowest BCUT2D eigenvalue weighted by molar-refractivity contribution is -0.147. The van der Waals surface area contributed by atoms with E-state index in [1.54, 1.807) is 36.4 Å². The van der Waals surface area contributed by atoms with Gasteiger partial charge < -0.3 is 20.1 Å². The molecule has 160 valence electrons. The number of nitrogens with one attached hydrogen (secondary N) is 2. The van der Waals surface area contributed by atoms with Gasteiger partial charge in [0.2, 0.25) is 0 Å². The molecule has 0 aliphatic rings. The summed E-state index contributed by atoms with van der Waals surface area (Å²) >= 11 is 0. The molecular formula is C23H28N2O5. The zero-order chi connectivity index (χ0) is 22.1. The van der Waals surface area contributed by atoms with Crippen molar-refractivity contribution in [3.63, 3.8) is 0 Å². The first-order chi connectivity index (χ1) is 14.2. The molecule has 0 heterocycles. The Bertz CT molecular complexity index is 885. The predicted octanol–water partition coefficient (Wildman–Crippen LogP) is 3.29. The summed E-state index contributed by atoms with van der Waals surface area (Å²) in [5, 5.41) is 5.29. The van der Waals surface area contributed by atoms with Crippen molar-refractivity contribution < 1.29 is 23.9 Å². The lowest BCUT2D eigenvalue weighted by Crippen LogP contribution is -2.27. The quantitative estimate of drug-likeness (QED) is 0.649. The highest BCUT2D eigenvalue weighted by Crippen LogP contribution is 2.22. The SMILES string of the molecule is COc1cccc(NC(=O)COC(=O)CCNC(=O)c2ccc(C(C)(C)C)cc2)c1. The van der Waals surface area contributed by atoms with E-state index in [-0.39, 0.29) is 24.3 Å². The summed E-state index contributed by atoms with van der Waals surface area (Å²) in [5.41, 5.74) is 2.21. The number of methoxy groups -OCH3 is 1. The van der Waals surface area contributed by atoms with Crippen LogP contribution in [-0.4, -0.2) is 38.0 Å². The molecule has 2 aromatic rings. The second-order valence-electron chi connectivity index (χ2n) is 7.77. The zero-order valence-corrected chi connectivity index (χ0v) is 17.8. The molecule has 0 bridgehead atoms. The van der Waals surface area contributed by atoms with Gasteiger partial charge in [0.05, 0.1) is 13.5 Å². The molecule has 0 radical (unpaired) electrons. The summed E-state index contributed by atoms with van der Waals surface area (Å²) in [4.78, 5) is 35.9. The Hall–Kier alpha value is -3.35. The lowest BCUT2D eigenvalue weighted by atomic mass is 9.87. The molecule has 0 unspecified atom stereocenters. The van der Waals surface area contributed by atoms with Gasteiger partial charge in [-0.05, 0) is 35.2 Å². The molecule has 30 heavy (non-hydrogen) atoms. The van der Waals surface area contributed by atoms with Crippen molar-refractivity contribution in [3.8, 4) is 5.75 Å². The first-order valence-corrected chi connectivity index (χ1v) is 9.67. The van der Waals surface area contributed by atoms with Crippen molar-refractivity contribution in [3.05, 3.63) is 59.7 Å². The molecule has 0 saturated carbocycles. The number of amides is 2. The number of hydrogen-bond donors (Lipinski definition) is 2. The first kappa shape index (κ1) is 22.9. The molecule has 2 N–H and O–H groups in total. The van der Waals surface area contributed by atoms with E-state index in [1.165, 1.54) is 7.11 Å². The molecule has 0 aliphatic heterocycles. The summed E-state index contributed by atoms with van der Waals surface area (Å²) in [6.45, 7) is 6.02. The van der Waals surface area contributed by atoms with E-state index >= 15 is 0 Å². The van der Waals surface area contributed by atoms with Crippen molar-refractivity contribution in [2.24, 2.45) is 0 Å². The highest BCUT2D eigenvalue weighted by Gasteiger charge is 2.14. The number of esters is 1. The number of hydrogen-bond acceptors (Lipinski definition) is 5. The van der Waals surface area contributed by atoms with Gasteiger partial charge in [0.15, 0.2) is 6.61 Å². The highest BCUT2D eigenvalue weighted by molar-refractivity contribution is 5.94. The average molecular weight is 412 g/mol. The minimum Gasteiger partial charge on any atom is -0.497 e. The van der Waals surface area contributed by atoms with Gasteiger partial charge in [-0.2, -0.15) is 0 Å². The van der Waals surface area contributed by atoms with Crippen LogP contribution in [0.5, 0.6) is 5.75 Å². The number of anilines is 1. The predicted molar refractivity (Wildman–Crippen MR) is 115 cm³/mol. The van der Waals surface area contributed by atoms with E-state index in [4.69, 9.17) is 9.47 Å².